The van der Waals surface area contributed by atoms with E-state index in [0.29, 0.717) is 12.1 Å². The van der Waals surface area contributed by atoms with Crippen LogP contribution in [0.5, 0.6) is 0 Å². The number of nitrogens with one attached hydrogen (secondary N) is 1. The van der Waals surface area contributed by atoms with Gasteiger partial charge in [-0.25, -0.2) is 0 Å². The van der Waals surface area contributed by atoms with Crippen LogP contribution in [0.15, 0.2) is 24.3 Å². The lowest BCUT2D eigenvalue weighted by molar-refractivity contribution is -0.116. The van der Waals surface area contributed by atoms with Gasteiger partial charge in [-0.1, -0.05) is 0 Å². The Labute approximate surface area is 119 Å². The van der Waals surface area contributed by atoms with Crippen LogP contribution < -0.4 is 11.1 Å². The number of nitrogens with two attached hydrogens (primary N) is 1. The monoisotopic (exact) mass is 277 g/mol. The molecule has 1 aliphatic rings. The number of carbonyl (C=O) groups is 1. The first-order chi connectivity index (χ1) is 9.44. The number of nitrogen functional groups attached to an aromatic ring is 1. The number of likely N-dealkylation sites (tertiary alicyclic amines) is 1. The van der Waals surface area contributed by atoms with E-state index in [0.717, 1.165) is 38.2 Å². The summed E-state index contributed by atoms with van der Waals surface area (Å²) < 4.78 is 0. The molecule has 110 valence electrons. The molecule has 1 aliphatic heterocycles. The summed E-state index contributed by atoms with van der Waals surface area (Å²) in [6, 6.07) is 7.13. The predicted octanol–water partition coefficient (Wildman–Crippen LogP) is 1.44. The fraction of sp³-hybridized carbons (Fsp3) is 0.533. The van der Waals surface area contributed by atoms with Crippen molar-refractivity contribution in [2.75, 3.05) is 30.7 Å². The van der Waals surface area contributed by atoms with Crippen molar-refractivity contribution in [1.82, 2.24) is 4.90 Å². The summed E-state index contributed by atoms with van der Waals surface area (Å²) in [5.74, 6) is 0.00658. The number of hydrogen-bond acceptors (Lipinski definition) is 4. The molecule has 5 heteroatoms. The Balaban J connectivity index is 1.72. The lowest BCUT2D eigenvalue weighted by Gasteiger charge is -2.35. The minimum atomic E-state index is -0.539. The Bertz CT molecular complexity index is 447. The number of carbonyl (C=O) groups excluding carboxylic acids is 1. The molecule has 1 fully saturated rings. The molecular formula is C15H23N3O2. The van der Waals surface area contributed by atoms with Gasteiger partial charge in [0.25, 0.3) is 0 Å². The topological polar surface area (TPSA) is 78.6 Å². The molecule has 1 aromatic carbocycles. The van der Waals surface area contributed by atoms with Crippen LogP contribution >= 0.6 is 0 Å². The normalized spacial score (nSPS) is 18.7. The second-order valence-electron chi connectivity index (χ2n) is 5.76. The van der Waals surface area contributed by atoms with Crippen molar-refractivity contribution in [3.05, 3.63) is 24.3 Å². The summed E-state index contributed by atoms with van der Waals surface area (Å²) >= 11 is 0. The number of hydrogen-bond donors (Lipinski definition) is 3. The van der Waals surface area contributed by atoms with Gasteiger partial charge >= 0.3 is 0 Å². The van der Waals surface area contributed by atoms with Crippen LogP contribution in [-0.4, -0.2) is 41.1 Å². The van der Waals surface area contributed by atoms with Crippen LogP contribution in [-0.2, 0) is 4.79 Å². The van der Waals surface area contributed by atoms with Crippen LogP contribution in [0.25, 0.3) is 0 Å². The average molecular weight is 277 g/mol. The molecule has 0 unspecified atom stereocenters. The van der Waals surface area contributed by atoms with Crippen molar-refractivity contribution in [3.8, 4) is 0 Å². The first-order valence-electron chi connectivity index (χ1n) is 7.05. The molecular weight excluding hydrogens is 254 g/mol. The maximum Gasteiger partial charge on any atom is 0.225 e. The van der Waals surface area contributed by atoms with E-state index in [1.165, 1.54) is 0 Å². The van der Waals surface area contributed by atoms with Gasteiger partial charge in [0.05, 0.1) is 5.60 Å². The zero-order valence-electron chi connectivity index (χ0n) is 11.9. The Morgan fingerprint density at radius 2 is 1.95 bits per heavy atom. The molecule has 0 aromatic heterocycles. The van der Waals surface area contributed by atoms with Gasteiger partial charge in [-0.05, 0) is 44.0 Å². The quantitative estimate of drug-likeness (QED) is 0.728. The van der Waals surface area contributed by atoms with Crippen LogP contribution in [0.4, 0.5) is 11.4 Å². The van der Waals surface area contributed by atoms with E-state index in [4.69, 9.17) is 5.73 Å². The Hall–Kier alpha value is -1.59. The SMILES string of the molecule is CC1(O)CCN(CCC(=O)Nc2ccc(N)cc2)CC1. The molecule has 0 bridgehead atoms. The van der Waals surface area contributed by atoms with Crippen LogP contribution in [0.2, 0.25) is 0 Å². The molecule has 4 N–H and O–H groups in total. The fourth-order valence-corrected chi connectivity index (χ4v) is 2.31. The predicted molar refractivity (Wildman–Crippen MR) is 80.4 cm³/mol. The molecule has 2 rings (SSSR count). The highest BCUT2D eigenvalue weighted by atomic mass is 16.3. The number of benzene rings is 1. The van der Waals surface area contributed by atoms with Crippen LogP contribution in [0, 0.1) is 0 Å². The first kappa shape index (κ1) is 14.8. The van der Waals surface area contributed by atoms with Crippen LogP contribution in [0.1, 0.15) is 26.2 Å². The Morgan fingerprint density at radius 1 is 1.35 bits per heavy atom. The molecule has 1 amide bonds. The third-order valence-electron chi connectivity index (χ3n) is 3.78. The van der Waals surface area contributed by atoms with Gasteiger partial charge in [-0.2, -0.15) is 0 Å². The molecule has 0 radical (unpaired) electrons. The number of anilines is 2. The average Bonchev–Trinajstić information content (AvgIpc) is 2.40. The van der Waals surface area contributed by atoms with Crippen molar-refractivity contribution in [3.63, 3.8) is 0 Å². The highest BCUT2D eigenvalue weighted by molar-refractivity contribution is 5.90. The lowest BCUT2D eigenvalue weighted by atomic mass is 9.94. The second-order valence-corrected chi connectivity index (χ2v) is 5.76. The molecule has 20 heavy (non-hydrogen) atoms. The summed E-state index contributed by atoms with van der Waals surface area (Å²) in [4.78, 5) is 14.1. The fourth-order valence-electron chi connectivity index (χ4n) is 2.31. The Morgan fingerprint density at radius 3 is 2.55 bits per heavy atom. The summed E-state index contributed by atoms with van der Waals surface area (Å²) in [5, 5.41) is 12.7. The molecule has 1 aromatic rings. The maximum absolute atomic E-state index is 11.8. The number of piperidine rings is 1. The molecule has 0 spiro atoms. The molecule has 0 atom stereocenters. The van der Waals surface area contributed by atoms with E-state index in [9.17, 15) is 9.90 Å². The zero-order chi connectivity index (χ0) is 14.6. The summed E-state index contributed by atoms with van der Waals surface area (Å²) in [6.07, 6.45) is 2.01. The van der Waals surface area contributed by atoms with Crippen molar-refractivity contribution in [2.45, 2.75) is 31.8 Å². The van der Waals surface area contributed by atoms with Crippen molar-refractivity contribution in [2.24, 2.45) is 0 Å². The molecule has 0 saturated carbocycles. The smallest absolute Gasteiger partial charge is 0.225 e. The van der Waals surface area contributed by atoms with Crippen LogP contribution in [0.3, 0.4) is 0 Å². The van der Waals surface area contributed by atoms with E-state index < -0.39 is 5.60 Å². The standard InChI is InChI=1S/C15H23N3O2/c1-15(20)7-10-18(11-8-15)9-6-14(19)17-13-4-2-12(16)3-5-13/h2-5,20H,6-11,16H2,1H3,(H,17,19). The summed E-state index contributed by atoms with van der Waals surface area (Å²) in [6.45, 7) is 4.30. The highest BCUT2D eigenvalue weighted by Crippen LogP contribution is 2.21. The number of aliphatic hydroxyl groups is 1. The van der Waals surface area contributed by atoms with E-state index in [-0.39, 0.29) is 5.91 Å². The van der Waals surface area contributed by atoms with Gasteiger partial charge in [0.15, 0.2) is 0 Å². The van der Waals surface area contributed by atoms with Gasteiger partial charge in [0.1, 0.15) is 0 Å². The molecule has 1 heterocycles. The van der Waals surface area contributed by atoms with Gasteiger partial charge < -0.3 is 21.1 Å². The minimum absolute atomic E-state index is 0.00658. The molecule has 5 nitrogen and oxygen atoms in total. The number of amides is 1. The maximum atomic E-state index is 11.8. The van der Waals surface area contributed by atoms with Crippen molar-refractivity contribution < 1.29 is 9.90 Å². The van der Waals surface area contributed by atoms with Crippen molar-refractivity contribution >= 4 is 17.3 Å². The number of nitrogens with zero attached hydrogens (tertiary/aromatic N) is 1. The van der Waals surface area contributed by atoms with E-state index in [1.54, 1.807) is 24.3 Å². The molecule has 1 saturated heterocycles. The number of rotatable bonds is 4. The van der Waals surface area contributed by atoms with Gasteiger partial charge in [0.2, 0.25) is 5.91 Å². The van der Waals surface area contributed by atoms with Crippen molar-refractivity contribution in [1.29, 1.82) is 0 Å². The van der Waals surface area contributed by atoms with E-state index in [1.807, 2.05) is 6.92 Å². The first-order valence-corrected chi connectivity index (χ1v) is 7.05. The van der Waals surface area contributed by atoms with Gasteiger partial charge in [0, 0.05) is 37.4 Å². The highest BCUT2D eigenvalue weighted by Gasteiger charge is 2.27. The third-order valence-corrected chi connectivity index (χ3v) is 3.78. The van der Waals surface area contributed by atoms with Gasteiger partial charge in [-0.3, -0.25) is 4.79 Å². The van der Waals surface area contributed by atoms with Gasteiger partial charge in [-0.15, -0.1) is 0 Å². The minimum Gasteiger partial charge on any atom is -0.399 e. The Kier molecular flexibility index (Phi) is 4.62. The second kappa shape index (κ2) is 6.24. The summed E-state index contributed by atoms with van der Waals surface area (Å²) in [7, 11) is 0. The third kappa shape index (κ3) is 4.51. The largest absolute Gasteiger partial charge is 0.399 e. The zero-order valence-corrected chi connectivity index (χ0v) is 11.9. The summed E-state index contributed by atoms with van der Waals surface area (Å²) in [5.41, 5.74) is 6.51. The molecule has 0 aliphatic carbocycles. The van der Waals surface area contributed by atoms with E-state index in [2.05, 4.69) is 10.2 Å². The van der Waals surface area contributed by atoms with E-state index >= 15 is 0 Å². The lowest BCUT2D eigenvalue weighted by Crippen LogP contribution is -2.43.